The van der Waals surface area contributed by atoms with E-state index in [1.807, 2.05) is 6.07 Å². The van der Waals surface area contributed by atoms with Crippen molar-refractivity contribution < 1.29 is 9.13 Å². The first-order chi connectivity index (χ1) is 7.77. The maximum atomic E-state index is 13.3. The molecule has 86 valence electrons. The standard InChI is InChI=1S/C12H15FN2O/c1-16-6-2-5-15-9-11-7-10(8-14)3-4-12(11)13/h3-4,7,15H,2,5-6,9H2,1H3. The van der Waals surface area contributed by atoms with Crippen LogP contribution in [0.3, 0.4) is 0 Å². The summed E-state index contributed by atoms with van der Waals surface area (Å²) in [5.41, 5.74) is 1.01. The Labute approximate surface area is 94.8 Å². The van der Waals surface area contributed by atoms with Gasteiger partial charge in [-0.2, -0.15) is 5.26 Å². The van der Waals surface area contributed by atoms with Crippen LogP contribution in [-0.4, -0.2) is 20.3 Å². The molecule has 0 spiro atoms. The molecule has 0 amide bonds. The van der Waals surface area contributed by atoms with Gasteiger partial charge in [-0.1, -0.05) is 0 Å². The predicted molar refractivity (Wildman–Crippen MR) is 59.3 cm³/mol. The molecule has 4 heteroatoms. The average molecular weight is 222 g/mol. The van der Waals surface area contributed by atoms with Crippen LogP contribution in [0.1, 0.15) is 17.5 Å². The fourth-order valence-electron chi connectivity index (χ4n) is 1.34. The topological polar surface area (TPSA) is 45.0 Å². The maximum absolute atomic E-state index is 13.3. The highest BCUT2D eigenvalue weighted by molar-refractivity contribution is 5.33. The lowest BCUT2D eigenvalue weighted by atomic mass is 10.1. The van der Waals surface area contributed by atoms with Gasteiger partial charge in [0.05, 0.1) is 11.6 Å². The largest absolute Gasteiger partial charge is 0.385 e. The average Bonchev–Trinajstić information content (AvgIpc) is 2.31. The minimum absolute atomic E-state index is 0.279. The molecule has 0 saturated carbocycles. The summed E-state index contributed by atoms with van der Waals surface area (Å²) < 4.78 is 18.2. The number of hydrogen-bond donors (Lipinski definition) is 1. The second kappa shape index (κ2) is 6.94. The third kappa shape index (κ3) is 3.97. The van der Waals surface area contributed by atoms with Gasteiger partial charge < -0.3 is 10.1 Å². The van der Waals surface area contributed by atoms with Crippen LogP contribution in [0.15, 0.2) is 18.2 Å². The third-order valence-electron chi connectivity index (χ3n) is 2.19. The highest BCUT2D eigenvalue weighted by atomic mass is 19.1. The van der Waals surface area contributed by atoms with E-state index in [1.165, 1.54) is 12.1 Å². The third-order valence-corrected chi connectivity index (χ3v) is 2.19. The van der Waals surface area contributed by atoms with Crippen molar-refractivity contribution in [3.05, 3.63) is 35.1 Å². The summed E-state index contributed by atoms with van der Waals surface area (Å²) in [6, 6.07) is 6.36. The van der Waals surface area contributed by atoms with E-state index in [-0.39, 0.29) is 5.82 Å². The Morgan fingerprint density at radius 2 is 2.31 bits per heavy atom. The van der Waals surface area contributed by atoms with E-state index in [2.05, 4.69) is 5.32 Å². The Morgan fingerprint density at radius 3 is 3.00 bits per heavy atom. The van der Waals surface area contributed by atoms with Gasteiger partial charge in [-0.05, 0) is 31.2 Å². The van der Waals surface area contributed by atoms with Gasteiger partial charge in [-0.3, -0.25) is 0 Å². The van der Waals surface area contributed by atoms with Crippen molar-refractivity contribution in [1.29, 1.82) is 5.26 Å². The Bertz CT molecular complexity index is 374. The lowest BCUT2D eigenvalue weighted by Gasteiger charge is -2.06. The molecule has 0 aliphatic carbocycles. The zero-order chi connectivity index (χ0) is 11.8. The molecule has 0 bridgehead atoms. The molecule has 0 aliphatic heterocycles. The smallest absolute Gasteiger partial charge is 0.127 e. The molecule has 0 aliphatic rings. The summed E-state index contributed by atoms with van der Waals surface area (Å²) in [5.74, 6) is -0.279. The van der Waals surface area contributed by atoms with Crippen molar-refractivity contribution in [2.24, 2.45) is 0 Å². The number of rotatable bonds is 6. The van der Waals surface area contributed by atoms with Crippen LogP contribution in [0.5, 0.6) is 0 Å². The Balaban J connectivity index is 2.44. The van der Waals surface area contributed by atoms with E-state index < -0.39 is 0 Å². The van der Waals surface area contributed by atoms with Gasteiger partial charge in [0, 0.05) is 25.8 Å². The van der Waals surface area contributed by atoms with Crippen molar-refractivity contribution in [3.8, 4) is 6.07 Å². The van der Waals surface area contributed by atoms with E-state index in [0.717, 1.165) is 13.0 Å². The Kier molecular flexibility index (Phi) is 5.48. The lowest BCUT2D eigenvalue weighted by molar-refractivity contribution is 0.194. The first-order valence-corrected chi connectivity index (χ1v) is 5.16. The van der Waals surface area contributed by atoms with E-state index in [0.29, 0.717) is 24.3 Å². The van der Waals surface area contributed by atoms with Gasteiger partial charge >= 0.3 is 0 Å². The van der Waals surface area contributed by atoms with Crippen molar-refractivity contribution in [2.75, 3.05) is 20.3 Å². The van der Waals surface area contributed by atoms with Gasteiger partial charge in [0.1, 0.15) is 5.82 Å². The predicted octanol–water partition coefficient (Wildman–Crippen LogP) is 1.82. The number of ether oxygens (including phenoxy) is 1. The zero-order valence-corrected chi connectivity index (χ0v) is 9.29. The maximum Gasteiger partial charge on any atom is 0.127 e. The highest BCUT2D eigenvalue weighted by Gasteiger charge is 2.02. The Morgan fingerprint density at radius 1 is 1.50 bits per heavy atom. The summed E-state index contributed by atoms with van der Waals surface area (Å²) in [4.78, 5) is 0. The number of methoxy groups -OCH3 is 1. The molecule has 0 aromatic heterocycles. The van der Waals surface area contributed by atoms with Crippen molar-refractivity contribution in [2.45, 2.75) is 13.0 Å². The fourth-order valence-corrected chi connectivity index (χ4v) is 1.34. The highest BCUT2D eigenvalue weighted by Crippen LogP contribution is 2.09. The normalized spacial score (nSPS) is 10.1. The lowest BCUT2D eigenvalue weighted by Crippen LogP contribution is -2.17. The van der Waals surface area contributed by atoms with Crippen LogP contribution >= 0.6 is 0 Å². The van der Waals surface area contributed by atoms with Gasteiger partial charge in [0.15, 0.2) is 0 Å². The van der Waals surface area contributed by atoms with Crippen LogP contribution in [0.2, 0.25) is 0 Å². The molecular formula is C12H15FN2O. The van der Waals surface area contributed by atoms with Crippen molar-refractivity contribution in [1.82, 2.24) is 5.32 Å². The second-order valence-corrected chi connectivity index (χ2v) is 3.44. The van der Waals surface area contributed by atoms with E-state index in [9.17, 15) is 4.39 Å². The van der Waals surface area contributed by atoms with E-state index in [4.69, 9.17) is 10.00 Å². The molecule has 1 rings (SSSR count). The Hall–Kier alpha value is -1.44. The van der Waals surface area contributed by atoms with Crippen LogP contribution in [0.25, 0.3) is 0 Å². The minimum atomic E-state index is -0.279. The minimum Gasteiger partial charge on any atom is -0.385 e. The van der Waals surface area contributed by atoms with E-state index in [1.54, 1.807) is 13.2 Å². The monoisotopic (exact) mass is 222 g/mol. The summed E-state index contributed by atoms with van der Waals surface area (Å²) in [6.07, 6.45) is 0.885. The van der Waals surface area contributed by atoms with Crippen LogP contribution in [0, 0.1) is 17.1 Å². The molecule has 0 radical (unpaired) electrons. The molecule has 16 heavy (non-hydrogen) atoms. The number of benzene rings is 1. The summed E-state index contributed by atoms with van der Waals surface area (Å²) in [5, 5.41) is 11.8. The van der Waals surface area contributed by atoms with Gasteiger partial charge in [-0.15, -0.1) is 0 Å². The number of hydrogen-bond acceptors (Lipinski definition) is 3. The van der Waals surface area contributed by atoms with Crippen LogP contribution in [0.4, 0.5) is 4.39 Å². The fraction of sp³-hybridized carbons (Fsp3) is 0.417. The van der Waals surface area contributed by atoms with Crippen LogP contribution in [-0.2, 0) is 11.3 Å². The number of nitrogens with zero attached hydrogens (tertiary/aromatic N) is 1. The number of nitriles is 1. The second-order valence-electron chi connectivity index (χ2n) is 3.44. The molecule has 0 saturated heterocycles. The molecule has 1 N–H and O–H groups in total. The molecule has 0 fully saturated rings. The van der Waals surface area contributed by atoms with Gasteiger partial charge in [0.2, 0.25) is 0 Å². The SMILES string of the molecule is COCCCNCc1cc(C#N)ccc1F. The van der Waals surface area contributed by atoms with Gasteiger partial charge in [0.25, 0.3) is 0 Å². The molecule has 0 unspecified atom stereocenters. The van der Waals surface area contributed by atoms with Crippen molar-refractivity contribution >= 4 is 0 Å². The molecule has 1 aromatic rings. The quantitative estimate of drug-likeness (QED) is 0.747. The number of nitrogens with one attached hydrogen (secondary N) is 1. The first kappa shape index (κ1) is 12.6. The molecule has 0 heterocycles. The van der Waals surface area contributed by atoms with Gasteiger partial charge in [-0.25, -0.2) is 4.39 Å². The molecule has 3 nitrogen and oxygen atoms in total. The number of halogens is 1. The summed E-state index contributed by atoms with van der Waals surface area (Å²) >= 11 is 0. The summed E-state index contributed by atoms with van der Waals surface area (Å²) in [7, 11) is 1.65. The zero-order valence-electron chi connectivity index (χ0n) is 9.29. The summed E-state index contributed by atoms with van der Waals surface area (Å²) in [6.45, 7) is 1.89. The molecular weight excluding hydrogens is 207 g/mol. The van der Waals surface area contributed by atoms with Crippen LogP contribution < -0.4 is 5.32 Å². The molecule has 1 aromatic carbocycles. The van der Waals surface area contributed by atoms with E-state index >= 15 is 0 Å². The first-order valence-electron chi connectivity index (χ1n) is 5.16. The molecule has 0 atom stereocenters. The van der Waals surface area contributed by atoms with Crippen molar-refractivity contribution in [3.63, 3.8) is 0 Å².